The summed E-state index contributed by atoms with van der Waals surface area (Å²) < 4.78 is 34.1. The highest BCUT2D eigenvalue weighted by molar-refractivity contribution is 5.91. The Morgan fingerprint density at radius 1 is 1.39 bits per heavy atom. The van der Waals surface area contributed by atoms with E-state index in [9.17, 15) is 18.4 Å². The molecule has 0 heterocycles. The number of hydrogen-bond donors (Lipinski definition) is 2. The number of nitrogens with zero attached hydrogens (tertiary/aromatic N) is 1. The van der Waals surface area contributed by atoms with Gasteiger partial charge in [-0.05, 0) is 12.1 Å². The lowest BCUT2D eigenvalue weighted by molar-refractivity contribution is -0.141. The lowest BCUT2D eigenvalue weighted by atomic mass is 10.2. The van der Waals surface area contributed by atoms with Gasteiger partial charge in [0.2, 0.25) is 0 Å². The number of carboxylic acid groups (broad SMARTS) is 1. The molecule has 0 aliphatic carbocycles. The maximum absolute atomic E-state index is 12.4. The number of carbonyl (C=O) groups is 2. The molecule has 0 aromatic heterocycles. The van der Waals surface area contributed by atoms with E-state index < -0.39 is 24.5 Å². The van der Waals surface area contributed by atoms with Crippen LogP contribution in [0.3, 0.4) is 0 Å². The van der Waals surface area contributed by atoms with Crippen LogP contribution in [0.2, 0.25) is 0 Å². The molecular formula is C14H18F2N2O5. The van der Waals surface area contributed by atoms with Gasteiger partial charge in [-0.1, -0.05) is 6.92 Å². The van der Waals surface area contributed by atoms with Crippen molar-refractivity contribution in [1.29, 1.82) is 0 Å². The minimum absolute atomic E-state index is 0.00974. The predicted octanol–water partition coefficient (Wildman–Crippen LogP) is 2.48. The molecule has 1 aromatic carbocycles. The zero-order chi connectivity index (χ0) is 17.6. The van der Waals surface area contributed by atoms with E-state index in [4.69, 9.17) is 9.84 Å². The summed E-state index contributed by atoms with van der Waals surface area (Å²) in [6.07, 6.45) is 0. The van der Waals surface area contributed by atoms with E-state index in [0.717, 1.165) is 4.90 Å². The van der Waals surface area contributed by atoms with Crippen molar-refractivity contribution in [1.82, 2.24) is 4.90 Å². The van der Waals surface area contributed by atoms with Crippen molar-refractivity contribution in [3.8, 4) is 11.5 Å². The minimum atomic E-state index is -3.05. The predicted molar refractivity (Wildman–Crippen MR) is 78.1 cm³/mol. The molecule has 9 heteroatoms. The van der Waals surface area contributed by atoms with Crippen molar-refractivity contribution in [2.24, 2.45) is 5.92 Å². The van der Waals surface area contributed by atoms with Crippen LogP contribution in [0.1, 0.15) is 6.92 Å². The van der Waals surface area contributed by atoms with Crippen LogP contribution in [0.25, 0.3) is 0 Å². The summed E-state index contributed by atoms with van der Waals surface area (Å²) in [5.74, 6) is -1.71. The molecular weight excluding hydrogens is 314 g/mol. The molecule has 23 heavy (non-hydrogen) atoms. The van der Waals surface area contributed by atoms with Gasteiger partial charge in [-0.2, -0.15) is 8.78 Å². The van der Waals surface area contributed by atoms with Crippen LogP contribution in [0, 0.1) is 5.92 Å². The molecule has 0 saturated heterocycles. The number of rotatable bonds is 7. The monoisotopic (exact) mass is 332 g/mol. The third-order valence-corrected chi connectivity index (χ3v) is 2.96. The third-order valence-electron chi connectivity index (χ3n) is 2.96. The van der Waals surface area contributed by atoms with E-state index in [1.165, 1.54) is 39.3 Å². The lowest BCUT2D eigenvalue weighted by Gasteiger charge is -2.21. The Kier molecular flexibility index (Phi) is 6.55. The van der Waals surface area contributed by atoms with Crippen molar-refractivity contribution in [3.05, 3.63) is 18.2 Å². The molecule has 128 valence electrons. The summed E-state index contributed by atoms with van der Waals surface area (Å²) >= 11 is 0. The molecule has 0 saturated carbocycles. The topological polar surface area (TPSA) is 88.1 Å². The Balaban J connectivity index is 2.88. The average molecular weight is 332 g/mol. The Labute approximate surface area is 131 Å². The Morgan fingerprint density at radius 3 is 2.57 bits per heavy atom. The standard InChI is InChI=1S/C14H18F2N2O5/c1-8(12(19)20)7-18(2)14(21)17-10-6-9(22-3)4-5-11(10)23-13(15)16/h4-6,8,13H,7H2,1-3H3,(H,17,21)(H,19,20). The minimum Gasteiger partial charge on any atom is -0.497 e. The highest BCUT2D eigenvalue weighted by atomic mass is 19.3. The number of benzene rings is 1. The van der Waals surface area contributed by atoms with Gasteiger partial charge in [-0.3, -0.25) is 4.79 Å². The van der Waals surface area contributed by atoms with E-state index in [2.05, 4.69) is 10.1 Å². The third kappa shape index (κ3) is 5.61. The number of alkyl halides is 2. The summed E-state index contributed by atoms with van der Waals surface area (Å²) in [5, 5.41) is 11.2. The van der Waals surface area contributed by atoms with Gasteiger partial charge in [0.05, 0.1) is 18.7 Å². The number of methoxy groups -OCH3 is 1. The number of anilines is 1. The van der Waals surface area contributed by atoms with Crippen molar-refractivity contribution in [2.75, 3.05) is 26.0 Å². The second-order valence-electron chi connectivity index (χ2n) is 4.79. The summed E-state index contributed by atoms with van der Waals surface area (Å²) in [4.78, 5) is 24.0. The van der Waals surface area contributed by atoms with Gasteiger partial charge in [0.15, 0.2) is 0 Å². The van der Waals surface area contributed by atoms with Gasteiger partial charge in [-0.25, -0.2) is 4.79 Å². The zero-order valence-electron chi connectivity index (χ0n) is 12.9. The first-order chi connectivity index (χ1) is 10.7. The smallest absolute Gasteiger partial charge is 0.387 e. The maximum atomic E-state index is 12.4. The van der Waals surface area contributed by atoms with E-state index in [0.29, 0.717) is 5.75 Å². The molecule has 2 amide bonds. The van der Waals surface area contributed by atoms with Crippen LogP contribution in [-0.2, 0) is 4.79 Å². The Morgan fingerprint density at radius 2 is 2.04 bits per heavy atom. The molecule has 1 rings (SSSR count). The van der Waals surface area contributed by atoms with Gasteiger partial charge in [-0.15, -0.1) is 0 Å². The van der Waals surface area contributed by atoms with Crippen molar-refractivity contribution < 1.29 is 33.0 Å². The van der Waals surface area contributed by atoms with E-state index in [1.54, 1.807) is 0 Å². The first kappa shape index (κ1) is 18.5. The number of aliphatic carboxylic acids is 1. The summed E-state index contributed by atoms with van der Waals surface area (Å²) in [7, 11) is 2.78. The second kappa shape index (κ2) is 8.16. The second-order valence-corrected chi connectivity index (χ2v) is 4.79. The molecule has 0 bridgehead atoms. The summed E-state index contributed by atoms with van der Waals surface area (Å²) in [6, 6.07) is 3.30. The van der Waals surface area contributed by atoms with Crippen LogP contribution in [-0.4, -0.2) is 49.3 Å². The molecule has 0 radical (unpaired) electrons. The number of halogens is 2. The molecule has 0 aliphatic heterocycles. The first-order valence-corrected chi connectivity index (χ1v) is 6.62. The fourth-order valence-electron chi connectivity index (χ4n) is 1.71. The molecule has 0 fully saturated rings. The van der Waals surface area contributed by atoms with Crippen molar-refractivity contribution in [2.45, 2.75) is 13.5 Å². The van der Waals surface area contributed by atoms with Gasteiger partial charge >= 0.3 is 18.6 Å². The van der Waals surface area contributed by atoms with Crippen LogP contribution in [0.4, 0.5) is 19.3 Å². The fourth-order valence-corrected chi connectivity index (χ4v) is 1.71. The number of urea groups is 1. The number of carboxylic acids is 1. The first-order valence-electron chi connectivity index (χ1n) is 6.62. The van der Waals surface area contributed by atoms with Gasteiger partial charge < -0.3 is 24.8 Å². The maximum Gasteiger partial charge on any atom is 0.387 e. The van der Waals surface area contributed by atoms with Crippen molar-refractivity contribution in [3.63, 3.8) is 0 Å². The lowest BCUT2D eigenvalue weighted by Crippen LogP contribution is -2.36. The van der Waals surface area contributed by atoms with E-state index >= 15 is 0 Å². The Hall–Kier alpha value is -2.58. The van der Waals surface area contributed by atoms with Crippen LogP contribution < -0.4 is 14.8 Å². The normalized spacial score (nSPS) is 11.7. The van der Waals surface area contributed by atoms with E-state index in [1.807, 2.05) is 0 Å². The zero-order valence-corrected chi connectivity index (χ0v) is 12.9. The van der Waals surface area contributed by atoms with Crippen LogP contribution >= 0.6 is 0 Å². The Bertz CT molecular complexity index is 568. The number of nitrogens with one attached hydrogen (secondary N) is 1. The van der Waals surface area contributed by atoms with Gasteiger partial charge in [0.1, 0.15) is 11.5 Å². The molecule has 0 aliphatic rings. The largest absolute Gasteiger partial charge is 0.497 e. The molecule has 1 unspecified atom stereocenters. The molecule has 7 nitrogen and oxygen atoms in total. The highest BCUT2D eigenvalue weighted by Crippen LogP contribution is 2.30. The van der Waals surface area contributed by atoms with Gasteiger partial charge in [0, 0.05) is 19.7 Å². The number of amides is 2. The van der Waals surface area contributed by atoms with Crippen molar-refractivity contribution >= 4 is 17.7 Å². The number of carbonyl (C=O) groups excluding carboxylic acids is 1. The highest BCUT2D eigenvalue weighted by Gasteiger charge is 2.19. The van der Waals surface area contributed by atoms with Gasteiger partial charge in [0.25, 0.3) is 0 Å². The number of hydrogen-bond acceptors (Lipinski definition) is 4. The molecule has 1 aromatic rings. The SMILES string of the molecule is COc1ccc(OC(F)F)c(NC(=O)N(C)CC(C)C(=O)O)c1. The average Bonchev–Trinajstić information content (AvgIpc) is 2.48. The quantitative estimate of drug-likeness (QED) is 0.801. The van der Waals surface area contributed by atoms with E-state index in [-0.39, 0.29) is 18.0 Å². The molecule has 1 atom stereocenters. The fraction of sp³-hybridized carbons (Fsp3) is 0.429. The molecule has 0 spiro atoms. The summed E-state index contributed by atoms with van der Waals surface area (Å²) in [6.45, 7) is -1.65. The summed E-state index contributed by atoms with van der Waals surface area (Å²) in [5.41, 5.74) is -0.00974. The van der Waals surface area contributed by atoms with Crippen LogP contribution in [0.5, 0.6) is 11.5 Å². The molecule has 2 N–H and O–H groups in total. The van der Waals surface area contributed by atoms with Crippen LogP contribution in [0.15, 0.2) is 18.2 Å². The number of ether oxygens (including phenoxy) is 2.